The van der Waals surface area contributed by atoms with Crippen molar-refractivity contribution in [1.82, 2.24) is 9.55 Å². The van der Waals surface area contributed by atoms with Crippen molar-refractivity contribution in [3.8, 4) is 0 Å². The SMILES string of the molecule is O=c1c2sc3ccccc3c2[nH]c(=S)n1CCc1ccc(Cl)cc1. The number of fused-ring (bicyclic) bond motifs is 3. The third-order valence-electron chi connectivity index (χ3n) is 4.05. The van der Waals surface area contributed by atoms with Gasteiger partial charge in [-0.05, 0) is 42.4 Å². The maximum Gasteiger partial charge on any atom is 0.272 e. The highest BCUT2D eigenvalue weighted by Gasteiger charge is 2.11. The Morgan fingerprint density at radius 2 is 1.88 bits per heavy atom. The standard InChI is InChI=1S/C18H13ClN2OS2/c19-12-7-5-11(6-8-12)9-10-21-17(22)16-15(20-18(21)23)13-3-1-2-4-14(13)24-16/h1-8H,9-10H2,(H,20,23). The highest BCUT2D eigenvalue weighted by molar-refractivity contribution is 7.71. The zero-order valence-corrected chi connectivity index (χ0v) is 15.0. The van der Waals surface area contributed by atoms with Gasteiger partial charge in [0.2, 0.25) is 0 Å². The van der Waals surface area contributed by atoms with E-state index in [-0.39, 0.29) is 5.56 Å². The van der Waals surface area contributed by atoms with Gasteiger partial charge in [-0.2, -0.15) is 0 Å². The number of nitrogens with zero attached hydrogens (tertiary/aromatic N) is 1. The van der Waals surface area contributed by atoms with Crippen molar-refractivity contribution < 1.29 is 0 Å². The van der Waals surface area contributed by atoms with Gasteiger partial charge in [0.1, 0.15) is 4.70 Å². The number of nitrogens with one attached hydrogen (secondary N) is 1. The molecule has 0 aliphatic carbocycles. The fourth-order valence-electron chi connectivity index (χ4n) is 2.80. The lowest BCUT2D eigenvalue weighted by Gasteiger charge is -2.07. The van der Waals surface area contributed by atoms with Gasteiger partial charge in [-0.3, -0.25) is 9.36 Å². The molecular weight excluding hydrogens is 360 g/mol. The van der Waals surface area contributed by atoms with Gasteiger partial charge in [0.05, 0.1) is 5.52 Å². The van der Waals surface area contributed by atoms with E-state index in [0.717, 1.165) is 32.3 Å². The van der Waals surface area contributed by atoms with Gasteiger partial charge in [0.25, 0.3) is 5.56 Å². The van der Waals surface area contributed by atoms with Crippen LogP contribution in [0.1, 0.15) is 5.56 Å². The van der Waals surface area contributed by atoms with Crippen LogP contribution in [0.2, 0.25) is 5.02 Å². The molecule has 0 spiro atoms. The van der Waals surface area contributed by atoms with Crippen LogP contribution in [0.4, 0.5) is 0 Å². The summed E-state index contributed by atoms with van der Waals surface area (Å²) in [5, 5.41) is 1.76. The second-order valence-electron chi connectivity index (χ2n) is 5.57. The molecule has 0 bridgehead atoms. The van der Waals surface area contributed by atoms with Crippen LogP contribution in [0.5, 0.6) is 0 Å². The molecule has 0 fully saturated rings. The van der Waals surface area contributed by atoms with Crippen molar-refractivity contribution in [3.63, 3.8) is 0 Å². The van der Waals surface area contributed by atoms with Crippen LogP contribution in [0, 0.1) is 4.77 Å². The first-order chi connectivity index (χ1) is 11.6. The summed E-state index contributed by atoms with van der Waals surface area (Å²) >= 11 is 12.8. The number of hydrogen-bond acceptors (Lipinski definition) is 3. The van der Waals surface area contributed by atoms with E-state index in [2.05, 4.69) is 4.98 Å². The molecule has 0 unspecified atom stereocenters. The predicted molar refractivity (Wildman–Crippen MR) is 104 cm³/mol. The van der Waals surface area contributed by atoms with Gasteiger partial charge >= 0.3 is 0 Å². The number of aryl methyl sites for hydroxylation is 1. The van der Waals surface area contributed by atoms with Crippen LogP contribution in [-0.4, -0.2) is 9.55 Å². The van der Waals surface area contributed by atoms with E-state index >= 15 is 0 Å². The minimum Gasteiger partial charge on any atom is -0.330 e. The first-order valence-electron chi connectivity index (χ1n) is 7.52. The van der Waals surface area contributed by atoms with Gasteiger partial charge in [-0.25, -0.2) is 0 Å². The lowest BCUT2D eigenvalue weighted by atomic mass is 10.1. The van der Waals surface area contributed by atoms with Crippen molar-refractivity contribution in [2.45, 2.75) is 13.0 Å². The molecule has 4 rings (SSSR count). The summed E-state index contributed by atoms with van der Waals surface area (Å²) in [5.74, 6) is 0. The van der Waals surface area contributed by atoms with Crippen LogP contribution in [0.3, 0.4) is 0 Å². The van der Waals surface area contributed by atoms with Crippen LogP contribution < -0.4 is 5.56 Å². The Morgan fingerprint density at radius 1 is 1.12 bits per heavy atom. The quantitative estimate of drug-likeness (QED) is 0.504. The topological polar surface area (TPSA) is 37.8 Å². The van der Waals surface area contributed by atoms with Crippen LogP contribution in [0.15, 0.2) is 53.3 Å². The molecule has 2 aromatic heterocycles. The zero-order chi connectivity index (χ0) is 16.7. The summed E-state index contributed by atoms with van der Waals surface area (Å²) in [6, 6.07) is 15.6. The number of hydrogen-bond donors (Lipinski definition) is 1. The maximum absolute atomic E-state index is 12.9. The van der Waals surface area contributed by atoms with Gasteiger partial charge in [0.15, 0.2) is 4.77 Å². The summed E-state index contributed by atoms with van der Waals surface area (Å²) in [6.45, 7) is 0.542. The molecule has 2 heterocycles. The van der Waals surface area contributed by atoms with Crippen molar-refractivity contribution in [1.29, 1.82) is 0 Å². The van der Waals surface area contributed by atoms with Crippen LogP contribution >= 0.6 is 35.2 Å². The number of thiophene rings is 1. The molecule has 0 radical (unpaired) electrons. The number of H-pyrrole nitrogens is 1. The molecule has 0 amide bonds. The molecule has 0 atom stereocenters. The number of halogens is 1. The molecule has 120 valence electrons. The van der Waals surface area contributed by atoms with Crippen molar-refractivity contribution in [2.24, 2.45) is 0 Å². The molecular formula is C18H13ClN2OS2. The van der Waals surface area contributed by atoms with E-state index in [1.54, 1.807) is 4.57 Å². The highest BCUT2D eigenvalue weighted by Crippen LogP contribution is 2.29. The van der Waals surface area contributed by atoms with Gasteiger partial charge < -0.3 is 4.98 Å². The van der Waals surface area contributed by atoms with E-state index in [4.69, 9.17) is 23.8 Å². The second-order valence-corrected chi connectivity index (χ2v) is 7.44. The lowest BCUT2D eigenvalue weighted by molar-refractivity contribution is 0.653. The minimum absolute atomic E-state index is 0.0242. The smallest absolute Gasteiger partial charge is 0.272 e. The number of benzene rings is 2. The summed E-state index contributed by atoms with van der Waals surface area (Å²) in [4.78, 5) is 16.1. The summed E-state index contributed by atoms with van der Waals surface area (Å²) in [5.41, 5.74) is 1.94. The molecule has 0 saturated heterocycles. The monoisotopic (exact) mass is 372 g/mol. The van der Waals surface area contributed by atoms with Gasteiger partial charge in [-0.15, -0.1) is 11.3 Å². The Morgan fingerprint density at radius 3 is 2.67 bits per heavy atom. The Balaban J connectivity index is 1.78. The van der Waals surface area contributed by atoms with Gasteiger partial charge in [-0.1, -0.05) is 41.9 Å². The normalized spacial score (nSPS) is 11.4. The Bertz CT molecular complexity index is 1160. The van der Waals surface area contributed by atoms with Crippen molar-refractivity contribution >= 4 is 55.5 Å². The molecule has 3 nitrogen and oxygen atoms in total. The fourth-order valence-corrected chi connectivity index (χ4v) is 4.31. The number of aromatic nitrogens is 2. The number of aromatic amines is 1. The average molecular weight is 373 g/mol. The summed E-state index contributed by atoms with van der Waals surface area (Å²) in [6.07, 6.45) is 0.727. The molecule has 6 heteroatoms. The first-order valence-corrected chi connectivity index (χ1v) is 9.12. The van der Waals surface area contributed by atoms with E-state index in [1.807, 2.05) is 48.5 Å². The Hall–Kier alpha value is -1.95. The van der Waals surface area contributed by atoms with Crippen LogP contribution in [-0.2, 0) is 13.0 Å². The summed E-state index contributed by atoms with van der Waals surface area (Å²) < 4.78 is 3.92. The summed E-state index contributed by atoms with van der Waals surface area (Å²) in [7, 11) is 0. The molecule has 4 aromatic rings. The Labute approximate surface area is 152 Å². The predicted octanol–water partition coefficient (Wildman–Crippen LogP) is 5.17. The lowest BCUT2D eigenvalue weighted by Crippen LogP contribution is -2.22. The molecule has 0 aliphatic heterocycles. The minimum atomic E-state index is -0.0242. The van der Waals surface area contributed by atoms with E-state index < -0.39 is 0 Å². The molecule has 2 aromatic carbocycles. The second kappa shape index (κ2) is 6.16. The Kier molecular flexibility index (Phi) is 4.00. The molecule has 0 saturated carbocycles. The van der Waals surface area contributed by atoms with Crippen LogP contribution in [0.25, 0.3) is 20.3 Å². The third-order valence-corrected chi connectivity index (χ3v) is 5.78. The zero-order valence-electron chi connectivity index (χ0n) is 12.6. The van der Waals surface area contributed by atoms with E-state index in [1.165, 1.54) is 11.3 Å². The fraction of sp³-hybridized carbons (Fsp3) is 0.111. The van der Waals surface area contributed by atoms with E-state index in [0.29, 0.717) is 16.3 Å². The van der Waals surface area contributed by atoms with Crippen molar-refractivity contribution in [3.05, 3.63) is 74.2 Å². The average Bonchev–Trinajstić information content (AvgIpc) is 2.95. The van der Waals surface area contributed by atoms with E-state index in [9.17, 15) is 4.79 Å². The molecule has 1 N–H and O–H groups in total. The maximum atomic E-state index is 12.9. The number of rotatable bonds is 3. The first kappa shape index (κ1) is 15.6. The van der Waals surface area contributed by atoms with Crippen molar-refractivity contribution in [2.75, 3.05) is 0 Å². The largest absolute Gasteiger partial charge is 0.330 e. The third kappa shape index (κ3) is 2.69. The molecule has 24 heavy (non-hydrogen) atoms. The van der Waals surface area contributed by atoms with Gasteiger partial charge in [0, 0.05) is 21.7 Å². The highest BCUT2D eigenvalue weighted by atomic mass is 35.5. The molecule has 0 aliphatic rings.